The van der Waals surface area contributed by atoms with Crippen LogP contribution in [0.1, 0.15) is 50.1 Å². The van der Waals surface area contributed by atoms with Crippen molar-refractivity contribution in [3.63, 3.8) is 0 Å². The lowest BCUT2D eigenvalue weighted by atomic mass is 10.0. The summed E-state index contributed by atoms with van der Waals surface area (Å²) in [4.78, 5) is 10.6. The van der Waals surface area contributed by atoms with E-state index in [0.29, 0.717) is 17.9 Å². The third-order valence-corrected chi connectivity index (χ3v) is 3.88. The van der Waals surface area contributed by atoms with Gasteiger partial charge in [-0.05, 0) is 49.8 Å². The van der Waals surface area contributed by atoms with Crippen molar-refractivity contribution in [3.05, 3.63) is 23.8 Å². The zero-order valence-corrected chi connectivity index (χ0v) is 12.4. The van der Waals surface area contributed by atoms with Gasteiger partial charge in [0.15, 0.2) is 11.5 Å². The molecule has 0 spiro atoms. The van der Waals surface area contributed by atoms with Crippen molar-refractivity contribution < 1.29 is 19.4 Å². The molecule has 0 saturated heterocycles. The maximum absolute atomic E-state index is 10.6. The van der Waals surface area contributed by atoms with Crippen molar-refractivity contribution in [1.82, 2.24) is 0 Å². The summed E-state index contributed by atoms with van der Waals surface area (Å²) >= 11 is 0. The molecule has 0 heterocycles. The highest BCUT2D eigenvalue weighted by Crippen LogP contribution is 2.34. The predicted molar refractivity (Wildman–Crippen MR) is 79.7 cm³/mol. The van der Waals surface area contributed by atoms with Crippen LogP contribution in [0.15, 0.2) is 18.2 Å². The van der Waals surface area contributed by atoms with Crippen molar-refractivity contribution in [1.29, 1.82) is 0 Å². The number of carboxylic acids is 1. The van der Waals surface area contributed by atoms with Gasteiger partial charge in [0.2, 0.25) is 0 Å². The molecule has 1 aromatic rings. The Bertz CT molecular complexity index is 483. The topological polar surface area (TPSA) is 81.8 Å². The van der Waals surface area contributed by atoms with Crippen LogP contribution < -0.4 is 15.2 Å². The summed E-state index contributed by atoms with van der Waals surface area (Å²) in [6.45, 7) is 0. The van der Waals surface area contributed by atoms with Gasteiger partial charge in [-0.25, -0.2) is 0 Å². The fourth-order valence-corrected chi connectivity index (χ4v) is 2.65. The van der Waals surface area contributed by atoms with Crippen molar-refractivity contribution >= 4 is 5.97 Å². The van der Waals surface area contributed by atoms with E-state index in [2.05, 4.69) is 0 Å². The Morgan fingerprint density at radius 1 is 1.38 bits per heavy atom. The summed E-state index contributed by atoms with van der Waals surface area (Å²) < 4.78 is 11.3. The first kappa shape index (κ1) is 15.6. The molecule has 0 radical (unpaired) electrons. The molecule has 1 unspecified atom stereocenters. The number of hydrogen-bond donors (Lipinski definition) is 2. The number of carboxylic acid groups (broad SMARTS) is 1. The summed E-state index contributed by atoms with van der Waals surface area (Å²) in [7, 11) is 1.61. The van der Waals surface area contributed by atoms with Crippen LogP contribution in [0.5, 0.6) is 11.5 Å². The van der Waals surface area contributed by atoms with E-state index in [1.807, 2.05) is 18.2 Å². The molecular formula is C16H23NO4. The van der Waals surface area contributed by atoms with Crippen molar-refractivity contribution in [2.24, 2.45) is 5.73 Å². The Morgan fingerprint density at radius 2 is 2.10 bits per heavy atom. The minimum atomic E-state index is -0.832. The maximum atomic E-state index is 10.6. The average molecular weight is 293 g/mol. The van der Waals surface area contributed by atoms with Gasteiger partial charge in [0.25, 0.3) is 0 Å². The number of carbonyl (C=O) groups is 1. The molecule has 21 heavy (non-hydrogen) atoms. The van der Waals surface area contributed by atoms with E-state index in [0.717, 1.165) is 18.4 Å². The molecule has 1 aliphatic carbocycles. The molecule has 0 aliphatic heterocycles. The third-order valence-electron chi connectivity index (χ3n) is 3.88. The second-order valence-electron chi connectivity index (χ2n) is 5.47. The molecule has 1 fully saturated rings. The van der Waals surface area contributed by atoms with Crippen LogP contribution in [0, 0.1) is 0 Å². The van der Waals surface area contributed by atoms with Gasteiger partial charge in [-0.3, -0.25) is 4.79 Å². The molecule has 0 bridgehead atoms. The summed E-state index contributed by atoms with van der Waals surface area (Å²) in [5, 5.41) is 8.74. The Balaban J connectivity index is 2.10. The highest BCUT2D eigenvalue weighted by atomic mass is 16.5. The lowest BCUT2D eigenvalue weighted by Gasteiger charge is -2.18. The molecule has 1 atom stereocenters. The first-order valence-electron chi connectivity index (χ1n) is 7.42. The Hall–Kier alpha value is -1.75. The zero-order chi connectivity index (χ0) is 15.2. The minimum Gasteiger partial charge on any atom is -0.493 e. The van der Waals surface area contributed by atoms with Gasteiger partial charge in [0.05, 0.1) is 13.2 Å². The SMILES string of the molecule is COc1ccc(C(N)CCC(=O)O)cc1OC1CCCC1. The number of methoxy groups -OCH3 is 1. The van der Waals surface area contributed by atoms with Crippen LogP contribution in [-0.4, -0.2) is 24.3 Å². The van der Waals surface area contributed by atoms with Crippen LogP contribution in [0.4, 0.5) is 0 Å². The van der Waals surface area contributed by atoms with E-state index >= 15 is 0 Å². The molecule has 0 aromatic heterocycles. The highest BCUT2D eigenvalue weighted by Gasteiger charge is 2.19. The number of benzene rings is 1. The quantitative estimate of drug-likeness (QED) is 0.807. The molecule has 3 N–H and O–H groups in total. The molecule has 1 aromatic carbocycles. The molecule has 1 saturated carbocycles. The van der Waals surface area contributed by atoms with Gasteiger partial charge in [0.1, 0.15) is 0 Å². The van der Waals surface area contributed by atoms with Gasteiger partial charge < -0.3 is 20.3 Å². The third kappa shape index (κ3) is 4.36. The molecule has 0 amide bonds. The summed E-state index contributed by atoms with van der Waals surface area (Å²) in [6.07, 6.45) is 5.24. The zero-order valence-electron chi connectivity index (χ0n) is 12.4. The molecule has 2 rings (SSSR count). The van der Waals surface area contributed by atoms with E-state index in [9.17, 15) is 4.79 Å². The van der Waals surface area contributed by atoms with Crippen molar-refractivity contribution in [2.45, 2.75) is 50.7 Å². The van der Waals surface area contributed by atoms with Gasteiger partial charge in [-0.2, -0.15) is 0 Å². The van der Waals surface area contributed by atoms with E-state index in [4.69, 9.17) is 20.3 Å². The highest BCUT2D eigenvalue weighted by molar-refractivity contribution is 5.66. The minimum absolute atomic E-state index is 0.0615. The fourth-order valence-electron chi connectivity index (χ4n) is 2.65. The first-order valence-corrected chi connectivity index (χ1v) is 7.42. The maximum Gasteiger partial charge on any atom is 0.303 e. The molecular weight excluding hydrogens is 270 g/mol. The summed E-state index contributed by atoms with van der Waals surface area (Å²) in [6, 6.07) is 5.27. The number of aliphatic carboxylic acids is 1. The Kier molecular flexibility index (Phi) is 5.44. The lowest BCUT2D eigenvalue weighted by molar-refractivity contribution is -0.137. The van der Waals surface area contributed by atoms with Crippen LogP contribution in [-0.2, 0) is 4.79 Å². The lowest BCUT2D eigenvalue weighted by Crippen LogP contribution is -2.14. The Morgan fingerprint density at radius 3 is 2.71 bits per heavy atom. The number of ether oxygens (including phenoxy) is 2. The summed E-state index contributed by atoms with van der Waals surface area (Å²) in [5.41, 5.74) is 6.93. The first-order chi connectivity index (χ1) is 10.1. The van der Waals surface area contributed by atoms with Crippen molar-refractivity contribution in [3.8, 4) is 11.5 Å². The molecule has 5 nitrogen and oxygen atoms in total. The monoisotopic (exact) mass is 293 g/mol. The standard InChI is InChI=1S/C16H23NO4/c1-20-14-8-6-11(13(17)7-9-16(18)19)10-15(14)21-12-4-2-3-5-12/h6,8,10,12-13H,2-5,7,9,17H2,1H3,(H,18,19). The van der Waals surface area contributed by atoms with Crippen molar-refractivity contribution in [2.75, 3.05) is 7.11 Å². The summed E-state index contributed by atoms with van der Waals surface area (Å²) in [5.74, 6) is 0.560. The number of rotatable bonds is 7. The molecule has 5 heteroatoms. The van der Waals surface area contributed by atoms with Crippen LogP contribution in [0.2, 0.25) is 0 Å². The van der Waals surface area contributed by atoms with E-state index < -0.39 is 5.97 Å². The van der Waals surface area contributed by atoms with Gasteiger partial charge in [-0.15, -0.1) is 0 Å². The smallest absolute Gasteiger partial charge is 0.303 e. The molecule has 1 aliphatic rings. The number of hydrogen-bond acceptors (Lipinski definition) is 4. The molecule has 116 valence electrons. The van der Waals surface area contributed by atoms with Crippen LogP contribution in [0.3, 0.4) is 0 Å². The van der Waals surface area contributed by atoms with Gasteiger partial charge in [0, 0.05) is 12.5 Å². The van der Waals surface area contributed by atoms with Gasteiger partial charge >= 0.3 is 5.97 Å². The number of nitrogens with two attached hydrogens (primary N) is 1. The average Bonchev–Trinajstić information content (AvgIpc) is 2.97. The Labute approximate surface area is 125 Å². The van der Waals surface area contributed by atoms with E-state index in [1.54, 1.807) is 7.11 Å². The predicted octanol–water partition coefficient (Wildman–Crippen LogP) is 2.88. The second kappa shape index (κ2) is 7.31. The second-order valence-corrected chi connectivity index (χ2v) is 5.47. The van der Waals surface area contributed by atoms with Gasteiger partial charge in [-0.1, -0.05) is 6.07 Å². The van der Waals surface area contributed by atoms with E-state index in [-0.39, 0.29) is 18.6 Å². The van der Waals surface area contributed by atoms with E-state index in [1.165, 1.54) is 12.8 Å². The van der Waals surface area contributed by atoms with Crippen LogP contribution >= 0.6 is 0 Å². The largest absolute Gasteiger partial charge is 0.493 e. The fraction of sp³-hybridized carbons (Fsp3) is 0.562. The van der Waals surface area contributed by atoms with Crippen LogP contribution in [0.25, 0.3) is 0 Å². The normalized spacial score (nSPS) is 16.7.